The van der Waals surface area contributed by atoms with Crippen molar-refractivity contribution in [3.8, 4) is 11.5 Å². The number of aryl methyl sites for hydroxylation is 1. The molecule has 2 heterocycles. The third kappa shape index (κ3) is 4.97. The van der Waals surface area contributed by atoms with E-state index >= 15 is 0 Å². The van der Waals surface area contributed by atoms with Gasteiger partial charge in [-0.3, -0.25) is 9.69 Å². The number of nitrogens with zero attached hydrogens (tertiary/aromatic N) is 3. The molecule has 32 heavy (non-hydrogen) atoms. The molecule has 1 fully saturated rings. The van der Waals surface area contributed by atoms with Crippen molar-refractivity contribution in [2.75, 3.05) is 13.1 Å². The number of allylic oxidation sites excluding steroid dienone is 1. The maximum Gasteiger partial charge on any atom is 0.309 e. The van der Waals surface area contributed by atoms with Gasteiger partial charge in [-0.05, 0) is 41.2 Å². The number of hydrogen-bond acceptors (Lipinski definition) is 5. The van der Waals surface area contributed by atoms with Gasteiger partial charge in [0, 0.05) is 31.3 Å². The molecule has 3 aromatic rings. The zero-order chi connectivity index (χ0) is 22.5. The Morgan fingerprint density at radius 2 is 1.94 bits per heavy atom. The van der Waals surface area contributed by atoms with Crippen molar-refractivity contribution < 1.29 is 14.3 Å². The molecule has 0 saturated carbocycles. The summed E-state index contributed by atoms with van der Waals surface area (Å²) in [6.07, 6.45) is 4.81. The molecule has 4 rings (SSSR count). The van der Waals surface area contributed by atoms with Gasteiger partial charge in [-0.15, -0.1) is 10.2 Å². The zero-order valence-electron chi connectivity index (χ0n) is 18.6. The SMILES string of the molecule is CCC/C(=C\c1nnc(-c2ccc(CN3CC(C(=O)O)C3)cc2CC)o1)c1ccccc1. The van der Waals surface area contributed by atoms with Crippen molar-refractivity contribution in [1.29, 1.82) is 0 Å². The summed E-state index contributed by atoms with van der Waals surface area (Å²) in [5.41, 5.74) is 5.62. The fourth-order valence-corrected chi connectivity index (χ4v) is 4.13. The molecule has 0 radical (unpaired) electrons. The molecule has 0 bridgehead atoms. The minimum atomic E-state index is -0.707. The largest absolute Gasteiger partial charge is 0.481 e. The molecule has 0 unspecified atom stereocenters. The minimum absolute atomic E-state index is 0.238. The molecule has 1 aromatic heterocycles. The lowest BCUT2D eigenvalue weighted by atomic mass is 9.97. The van der Waals surface area contributed by atoms with E-state index in [1.54, 1.807) is 0 Å². The number of rotatable bonds is 9. The third-order valence-electron chi connectivity index (χ3n) is 5.90. The molecule has 1 saturated heterocycles. The smallest absolute Gasteiger partial charge is 0.309 e. The van der Waals surface area contributed by atoms with Gasteiger partial charge < -0.3 is 9.52 Å². The second kappa shape index (κ2) is 9.92. The summed E-state index contributed by atoms with van der Waals surface area (Å²) in [6, 6.07) is 16.6. The van der Waals surface area contributed by atoms with Gasteiger partial charge in [-0.1, -0.05) is 62.7 Å². The van der Waals surface area contributed by atoms with Gasteiger partial charge in [0.25, 0.3) is 0 Å². The standard InChI is InChI=1S/C26H29N3O3/c1-3-8-21(20-9-6-5-7-10-20)14-24-27-28-25(32-24)23-12-11-18(13-19(23)4-2)15-29-16-22(17-29)26(30)31/h5-7,9-14,22H,3-4,8,15-17H2,1-2H3,(H,30,31)/b21-14+. The first-order valence-corrected chi connectivity index (χ1v) is 11.2. The Labute approximate surface area is 188 Å². The molecule has 0 aliphatic carbocycles. The summed E-state index contributed by atoms with van der Waals surface area (Å²) < 4.78 is 6.03. The van der Waals surface area contributed by atoms with Crippen molar-refractivity contribution >= 4 is 17.6 Å². The van der Waals surface area contributed by atoms with Crippen LogP contribution < -0.4 is 0 Å². The number of aliphatic carboxylic acids is 1. The molecule has 166 valence electrons. The number of likely N-dealkylation sites (tertiary alicyclic amines) is 1. The quantitative estimate of drug-likeness (QED) is 0.504. The van der Waals surface area contributed by atoms with Gasteiger partial charge >= 0.3 is 5.97 Å². The van der Waals surface area contributed by atoms with Gasteiger partial charge in [0.1, 0.15) is 0 Å². The topological polar surface area (TPSA) is 79.5 Å². The van der Waals surface area contributed by atoms with E-state index < -0.39 is 5.97 Å². The molecule has 6 heteroatoms. The number of carboxylic acids is 1. The van der Waals surface area contributed by atoms with Crippen LogP contribution in [0.25, 0.3) is 23.1 Å². The lowest BCUT2D eigenvalue weighted by Gasteiger charge is -2.36. The predicted octanol–water partition coefficient (Wildman–Crippen LogP) is 5.16. The minimum Gasteiger partial charge on any atom is -0.481 e. The van der Waals surface area contributed by atoms with Crippen LogP contribution in [0.2, 0.25) is 0 Å². The summed E-state index contributed by atoms with van der Waals surface area (Å²) >= 11 is 0. The number of hydrogen-bond donors (Lipinski definition) is 1. The third-order valence-corrected chi connectivity index (χ3v) is 5.90. The van der Waals surface area contributed by atoms with E-state index in [9.17, 15) is 4.79 Å². The molecule has 1 N–H and O–H groups in total. The molecule has 0 spiro atoms. The fourth-order valence-electron chi connectivity index (χ4n) is 4.13. The zero-order valence-corrected chi connectivity index (χ0v) is 18.6. The normalized spacial score (nSPS) is 15.0. The van der Waals surface area contributed by atoms with Crippen molar-refractivity contribution in [3.05, 3.63) is 71.1 Å². The van der Waals surface area contributed by atoms with Crippen molar-refractivity contribution in [1.82, 2.24) is 15.1 Å². The molecule has 2 aromatic carbocycles. The second-order valence-corrected chi connectivity index (χ2v) is 8.31. The first-order chi connectivity index (χ1) is 15.6. The van der Waals surface area contributed by atoms with Gasteiger partial charge in [0.05, 0.1) is 5.92 Å². The van der Waals surface area contributed by atoms with Crippen molar-refractivity contribution in [3.63, 3.8) is 0 Å². The van der Waals surface area contributed by atoms with Gasteiger partial charge in [0.2, 0.25) is 11.8 Å². The fraction of sp³-hybridized carbons (Fsp3) is 0.346. The summed E-state index contributed by atoms with van der Waals surface area (Å²) in [6.45, 7) is 6.25. The molecular formula is C26H29N3O3. The average molecular weight is 432 g/mol. The monoisotopic (exact) mass is 431 g/mol. The van der Waals surface area contributed by atoms with E-state index in [1.807, 2.05) is 30.3 Å². The van der Waals surface area contributed by atoms with Crippen LogP contribution in [-0.4, -0.2) is 39.3 Å². The Kier molecular flexibility index (Phi) is 6.81. The van der Waals surface area contributed by atoms with E-state index in [1.165, 1.54) is 16.7 Å². The summed E-state index contributed by atoms with van der Waals surface area (Å²) in [7, 11) is 0. The van der Waals surface area contributed by atoms with Gasteiger partial charge in [-0.25, -0.2) is 0 Å². The van der Waals surface area contributed by atoms with Crippen LogP contribution in [-0.2, 0) is 17.8 Å². The summed E-state index contributed by atoms with van der Waals surface area (Å²) in [5, 5.41) is 17.6. The van der Waals surface area contributed by atoms with Crippen molar-refractivity contribution in [2.45, 2.75) is 39.7 Å². The molecule has 0 atom stereocenters. The van der Waals surface area contributed by atoms with Crippen LogP contribution in [0.4, 0.5) is 0 Å². The second-order valence-electron chi connectivity index (χ2n) is 8.31. The average Bonchev–Trinajstić information content (AvgIpc) is 3.24. The Hall–Kier alpha value is -3.25. The summed E-state index contributed by atoms with van der Waals surface area (Å²) in [5.74, 6) is 0.0944. The Balaban J connectivity index is 1.52. The molecule has 1 aliphatic rings. The van der Waals surface area contributed by atoms with E-state index in [-0.39, 0.29) is 5.92 Å². The number of carboxylic acid groups (broad SMARTS) is 1. The van der Waals surface area contributed by atoms with Crippen LogP contribution >= 0.6 is 0 Å². The number of aromatic nitrogens is 2. The lowest BCUT2D eigenvalue weighted by molar-refractivity contribution is -0.147. The molecule has 6 nitrogen and oxygen atoms in total. The number of benzene rings is 2. The highest BCUT2D eigenvalue weighted by molar-refractivity contribution is 5.79. The van der Waals surface area contributed by atoms with Crippen LogP contribution in [0.3, 0.4) is 0 Å². The highest BCUT2D eigenvalue weighted by Gasteiger charge is 2.32. The maximum atomic E-state index is 11.0. The van der Waals surface area contributed by atoms with E-state index in [2.05, 4.69) is 53.2 Å². The highest BCUT2D eigenvalue weighted by Crippen LogP contribution is 2.28. The van der Waals surface area contributed by atoms with Crippen molar-refractivity contribution in [2.24, 2.45) is 5.92 Å². The first kappa shape index (κ1) is 22.0. The Morgan fingerprint density at radius 1 is 1.16 bits per heavy atom. The van der Waals surface area contributed by atoms with Gasteiger partial charge in [-0.2, -0.15) is 0 Å². The highest BCUT2D eigenvalue weighted by atomic mass is 16.4. The Bertz CT molecular complexity index is 1100. The van der Waals surface area contributed by atoms with Crippen LogP contribution in [0.5, 0.6) is 0 Å². The number of carbonyl (C=O) groups is 1. The lowest BCUT2D eigenvalue weighted by Crippen LogP contribution is -2.49. The first-order valence-electron chi connectivity index (χ1n) is 11.2. The van der Waals surface area contributed by atoms with E-state index in [4.69, 9.17) is 9.52 Å². The maximum absolute atomic E-state index is 11.0. The molecule has 0 amide bonds. The van der Waals surface area contributed by atoms with Crippen LogP contribution in [0, 0.1) is 5.92 Å². The van der Waals surface area contributed by atoms with Gasteiger partial charge in [0.15, 0.2) is 0 Å². The van der Waals surface area contributed by atoms with E-state index in [0.29, 0.717) is 24.9 Å². The molecular weight excluding hydrogens is 402 g/mol. The van der Waals surface area contributed by atoms with E-state index in [0.717, 1.165) is 36.9 Å². The summed E-state index contributed by atoms with van der Waals surface area (Å²) in [4.78, 5) is 13.2. The Morgan fingerprint density at radius 3 is 2.62 bits per heavy atom. The predicted molar refractivity (Wildman–Crippen MR) is 125 cm³/mol. The molecule has 1 aliphatic heterocycles. The van der Waals surface area contributed by atoms with Crippen LogP contribution in [0.15, 0.2) is 52.9 Å². The van der Waals surface area contributed by atoms with Crippen LogP contribution in [0.1, 0.15) is 49.3 Å².